The fraction of sp³-hybridized carbons (Fsp3) is 0.917. The van der Waals surface area contributed by atoms with E-state index in [9.17, 15) is 5.26 Å². The van der Waals surface area contributed by atoms with Crippen LogP contribution in [0.2, 0.25) is 0 Å². The lowest BCUT2D eigenvalue weighted by atomic mass is 9.95. The van der Waals surface area contributed by atoms with Gasteiger partial charge >= 0.3 is 0 Å². The Bertz CT molecular complexity index is 222. The second-order valence-corrected chi connectivity index (χ2v) is 5.51. The van der Waals surface area contributed by atoms with Gasteiger partial charge in [-0.05, 0) is 31.9 Å². The van der Waals surface area contributed by atoms with Crippen molar-refractivity contribution in [3.8, 4) is 6.07 Å². The molecule has 1 fully saturated rings. The summed E-state index contributed by atoms with van der Waals surface area (Å²) in [5.74, 6) is 0. The van der Waals surface area contributed by atoms with Gasteiger partial charge < -0.3 is 4.90 Å². The highest BCUT2D eigenvalue weighted by Crippen LogP contribution is 2.34. The van der Waals surface area contributed by atoms with Crippen molar-refractivity contribution in [2.75, 3.05) is 19.3 Å². The molecular formula is C12H22N2S. The van der Waals surface area contributed by atoms with E-state index < -0.39 is 0 Å². The number of likely N-dealkylation sites (tertiary alicyclic amines) is 1. The molecule has 0 unspecified atom stereocenters. The molecule has 0 bridgehead atoms. The molecule has 3 heteroatoms. The van der Waals surface area contributed by atoms with Crippen LogP contribution < -0.4 is 0 Å². The molecule has 0 N–H and O–H groups in total. The summed E-state index contributed by atoms with van der Waals surface area (Å²) in [7, 11) is 0. The van der Waals surface area contributed by atoms with Crippen molar-refractivity contribution in [2.45, 2.75) is 50.3 Å². The van der Waals surface area contributed by atoms with Crippen LogP contribution in [-0.2, 0) is 0 Å². The van der Waals surface area contributed by atoms with Gasteiger partial charge in [0.25, 0.3) is 0 Å². The Morgan fingerprint density at radius 2 is 1.87 bits per heavy atom. The third kappa shape index (κ3) is 2.89. The fourth-order valence-corrected chi connectivity index (χ4v) is 3.10. The largest absolute Gasteiger partial charge is 0.300 e. The number of hydrogen-bond acceptors (Lipinski definition) is 3. The molecular weight excluding hydrogens is 204 g/mol. The topological polar surface area (TPSA) is 27.0 Å². The number of thioether (sulfide) groups is 1. The summed E-state index contributed by atoms with van der Waals surface area (Å²) in [5.41, 5.74) is 0. The van der Waals surface area contributed by atoms with E-state index in [2.05, 4.69) is 31.1 Å². The highest BCUT2D eigenvalue weighted by Gasteiger charge is 2.35. The summed E-state index contributed by atoms with van der Waals surface area (Å²) in [6.07, 6.45) is 6.59. The predicted octanol–water partition coefficient (Wildman–Crippen LogP) is 2.90. The van der Waals surface area contributed by atoms with Crippen LogP contribution in [0.1, 0.15) is 39.5 Å². The van der Waals surface area contributed by atoms with Crippen molar-refractivity contribution in [1.29, 1.82) is 5.26 Å². The summed E-state index contributed by atoms with van der Waals surface area (Å²) < 4.78 is -0.0947. The molecule has 1 aliphatic heterocycles. The van der Waals surface area contributed by atoms with Crippen LogP contribution in [0.25, 0.3) is 0 Å². The minimum absolute atomic E-state index is 0.0947. The number of rotatable bonds is 4. The third-order valence-corrected chi connectivity index (χ3v) is 4.94. The zero-order chi connectivity index (χ0) is 11.3. The smallest absolute Gasteiger partial charge is 0.104 e. The van der Waals surface area contributed by atoms with Gasteiger partial charge in [0.2, 0.25) is 0 Å². The van der Waals surface area contributed by atoms with Gasteiger partial charge in [0.05, 0.1) is 6.07 Å². The van der Waals surface area contributed by atoms with Gasteiger partial charge in [-0.1, -0.05) is 13.8 Å². The molecule has 1 saturated heterocycles. The van der Waals surface area contributed by atoms with Crippen molar-refractivity contribution < 1.29 is 0 Å². The first-order valence-corrected chi connectivity index (χ1v) is 7.14. The molecule has 0 aliphatic carbocycles. The SMILES string of the molecule is CCC(CC)N1CCC(C#N)(SC)CC1. The maximum absolute atomic E-state index is 9.19. The highest BCUT2D eigenvalue weighted by atomic mass is 32.2. The van der Waals surface area contributed by atoms with Crippen molar-refractivity contribution >= 4 is 11.8 Å². The van der Waals surface area contributed by atoms with Crippen molar-refractivity contribution in [2.24, 2.45) is 0 Å². The van der Waals surface area contributed by atoms with Gasteiger partial charge in [0.1, 0.15) is 4.75 Å². The van der Waals surface area contributed by atoms with E-state index in [1.54, 1.807) is 11.8 Å². The zero-order valence-electron chi connectivity index (χ0n) is 10.1. The average Bonchev–Trinajstić information content (AvgIpc) is 2.32. The zero-order valence-corrected chi connectivity index (χ0v) is 10.9. The molecule has 1 heterocycles. The molecule has 1 rings (SSSR count). The molecule has 0 amide bonds. The van der Waals surface area contributed by atoms with E-state index in [-0.39, 0.29) is 4.75 Å². The first-order chi connectivity index (χ1) is 7.21. The van der Waals surface area contributed by atoms with Crippen LogP contribution in [0.5, 0.6) is 0 Å². The van der Waals surface area contributed by atoms with Crippen LogP contribution in [0.4, 0.5) is 0 Å². The molecule has 0 radical (unpaired) electrons. The summed E-state index contributed by atoms with van der Waals surface area (Å²) in [5, 5.41) is 9.19. The van der Waals surface area contributed by atoms with Gasteiger partial charge in [0, 0.05) is 19.1 Å². The van der Waals surface area contributed by atoms with Crippen molar-refractivity contribution in [3.63, 3.8) is 0 Å². The molecule has 0 saturated carbocycles. The molecule has 0 atom stereocenters. The molecule has 2 nitrogen and oxygen atoms in total. The van der Waals surface area contributed by atoms with Gasteiger partial charge in [0.15, 0.2) is 0 Å². The normalized spacial score (nSPS) is 21.5. The lowest BCUT2D eigenvalue weighted by Crippen LogP contribution is -2.46. The quantitative estimate of drug-likeness (QED) is 0.737. The van der Waals surface area contributed by atoms with Crippen LogP contribution in [0.15, 0.2) is 0 Å². The van der Waals surface area contributed by atoms with Crippen molar-refractivity contribution in [3.05, 3.63) is 0 Å². The van der Waals surface area contributed by atoms with Crippen LogP contribution in [0, 0.1) is 11.3 Å². The van der Waals surface area contributed by atoms with Crippen LogP contribution in [-0.4, -0.2) is 35.0 Å². The van der Waals surface area contributed by atoms with E-state index in [0.29, 0.717) is 0 Å². The first kappa shape index (κ1) is 12.9. The lowest BCUT2D eigenvalue weighted by Gasteiger charge is -2.40. The molecule has 1 aliphatic rings. The molecule has 0 aromatic carbocycles. The minimum Gasteiger partial charge on any atom is -0.300 e. The van der Waals surface area contributed by atoms with E-state index in [0.717, 1.165) is 32.0 Å². The summed E-state index contributed by atoms with van der Waals surface area (Å²) in [4.78, 5) is 2.56. The molecule has 0 aromatic heterocycles. The number of hydrogen-bond donors (Lipinski definition) is 0. The Balaban J connectivity index is 2.52. The maximum Gasteiger partial charge on any atom is 0.104 e. The molecule has 0 aromatic rings. The van der Waals surface area contributed by atoms with Crippen molar-refractivity contribution in [1.82, 2.24) is 4.90 Å². The number of piperidine rings is 1. The Kier molecular flexibility index (Phi) is 4.95. The van der Waals surface area contributed by atoms with Crippen LogP contribution >= 0.6 is 11.8 Å². The van der Waals surface area contributed by atoms with Gasteiger partial charge in [-0.25, -0.2) is 0 Å². The number of nitriles is 1. The second-order valence-electron chi connectivity index (χ2n) is 4.32. The molecule has 0 spiro atoms. The van der Waals surface area contributed by atoms with E-state index >= 15 is 0 Å². The molecule has 86 valence electrons. The van der Waals surface area contributed by atoms with Crippen LogP contribution in [0.3, 0.4) is 0 Å². The van der Waals surface area contributed by atoms with Gasteiger partial charge in [-0.2, -0.15) is 5.26 Å². The van der Waals surface area contributed by atoms with Gasteiger partial charge in [-0.15, -0.1) is 11.8 Å². The van der Waals surface area contributed by atoms with E-state index in [4.69, 9.17) is 0 Å². The monoisotopic (exact) mass is 226 g/mol. The highest BCUT2D eigenvalue weighted by molar-refractivity contribution is 8.00. The van der Waals surface area contributed by atoms with E-state index in [1.807, 2.05) is 0 Å². The standard InChI is InChI=1S/C12H22N2S/c1-4-11(5-2)14-8-6-12(10-13,15-3)7-9-14/h11H,4-9H2,1-3H3. The third-order valence-electron chi connectivity index (χ3n) is 3.66. The summed E-state index contributed by atoms with van der Waals surface area (Å²) in [6.45, 7) is 6.71. The second kappa shape index (κ2) is 5.77. The predicted molar refractivity (Wildman–Crippen MR) is 67.0 cm³/mol. The lowest BCUT2D eigenvalue weighted by molar-refractivity contribution is 0.147. The fourth-order valence-electron chi connectivity index (χ4n) is 2.42. The Morgan fingerprint density at radius 1 is 1.33 bits per heavy atom. The number of nitrogens with zero attached hydrogens (tertiary/aromatic N) is 2. The minimum atomic E-state index is -0.0947. The Morgan fingerprint density at radius 3 is 2.20 bits per heavy atom. The summed E-state index contributed by atoms with van der Waals surface area (Å²) >= 11 is 1.73. The van der Waals surface area contributed by atoms with E-state index in [1.165, 1.54) is 12.8 Å². The first-order valence-electron chi connectivity index (χ1n) is 5.91. The Hall–Kier alpha value is -0.200. The Labute approximate surface area is 98.0 Å². The average molecular weight is 226 g/mol. The van der Waals surface area contributed by atoms with Gasteiger partial charge in [-0.3, -0.25) is 0 Å². The summed E-state index contributed by atoms with van der Waals surface area (Å²) in [6, 6.07) is 3.22. The molecule has 15 heavy (non-hydrogen) atoms. The maximum atomic E-state index is 9.19.